The van der Waals surface area contributed by atoms with Gasteiger partial charge in [-0.25, -0.2) is 4.79 Å². The van der Waals surface area contributed by atoms with E-state index in [0.29, 0.717) is 30.0 Å². The minimum atomic E-state index is -1.29. The van der Waals surface area contributed by atoms with Gasteiger partial charge in [-0.05, 0) is 56.3 Å². The van der Waals surface area contributed by atoms with Crippen molar-refractivity contribution < 1.29 is 19.8 Å². The Kier molecular flexibility index (Phi) is 10.1. The summed E-state index contributed by atoms with van der Waals surface area (Å²) in [6.07, 6.45) is 13.2. The molecule has 0 aliphatic heterocycles. The number of Topliss-reactive ketones (excluding diaryl/α,β-unsaturated/α-hetero) is 1. The minimum absolute atomic E-state index is 0.134. The van der Waals surface area contributed by atoms with Crippen LogP contribution in [0.1, 0.15) is 91.4 Å². The maximum atomic E-state index is 12.2. The second-order valence-corrected chi connectivity index (χ2v) is 8.67. The van der Waals surface area contributed by atoms with Gasteiger partial charge in [-0.15, -0.1) is 0 Å². The van der Waals surface area contributed by atoms with E-state index in [2.05, 4.69) is 20.8 Å². The lowest BCUT2D eigenvalue weighted by atomic mass is 9.80. The first-order chi connectivity index (χ1) is 12.3. The average molecular weight is 367 g/mol. The summed E-state index contributed by atoms with van der Waals surface area (Å²) in [5, 5.41) is 17.9. The molecule has 1 rings (SSSR count). The molecule has 4 heteroatoms. The van der Waals surface area contributed by atoms with E-state index in [1.165, 1.54) is 32.1 Å². The molecule has 4 nitrogen and oxygen atoms in total. The lowest BCUT2D eigenvalue weighted by molar-refractivity contribution is -0.146. The normalized spacial score (nSPS) is 22.2. The number of unbranched alkanes of at least 4 members (excludes halogenated alkanes) is 1. The molecule has 2 N–H and O–H groups in total. The van der Waals surface area contributed by atoms with Crippen LogP contribution in [0.4, 0.5) is 0 Å². The van der Waals surface area contributed by atoms with Crippen LogP contribution in [-0.2, 0) is 9.59 Å². The van der Waals surface area contributed by atoms with Gasteiger partial charge in [0.25, 0.3) is 0 Å². The lowest BCUT2D eigenvalue weighted by Crippen LogP contribution is -2.18. The van der Waals surface area contributed by atoms with Gasteiger partial charge < -0.3 is 10.2 Å². The molecular formula is C22H38O4. The van der Waals surface area contributed by atoms with Crippen LogP contribution >= 0.6 is 0 Å². The number of allylic oxidation sites excluding steroid dienone is 2. The summed E-state index contributed by atoms with van der Waals surface area (Å²) in [5.74, 6) is -0.158. The minimum Gasteiger partial charge on any atom is -0.479 e. The van der Waals surface area contributed by atoms with Crippen LogP contribution in [0, 0.1) is 17.3 Å². The third-order valence-electron chi connectivity index (χ3n) is 5.83. The van der Waals surface area contributed by atoms with E-state index in [0.717, 1.165) is 19.3 Å². The summed E-state index contributed by atoms with van der Waals surface area (Å²) in [6.45, 7) is 6.95. The topological polar surface area (TPSA) is 74.6 Å². The quantitative estimate of drug-likeness (QED) is 0.443. The summed E-state index contributed by atoms with van der Waals surface area (Å²) >= 11 is 0. The van der Waals surface area contributed by atoms with Crippen molar-refractivity contribution in [3.63, 3.8) is 0 Å². The number of hydrogen-bond donors (Lipinski definition) is 2. The number of carbonyl (C=O) groups is 2. The Morgan fingerprint density at radius 1 is 1.27 bits per heavy atom. The van der Waals surface area contributed by atoms with Crippen molar-refractivity contribution in [2.45, 2.75) is 97.5 Å². The Bertz CT molecular complexity index is 467. The fourth-order valence-corrected chi connectivity index (χ4v) is 4.01. The highest BCUT2D eigenvalue weighted by Crippen LogP contribution is 2.37. The van der Waals surface area contributed by atoms with Crippen LogP contribution in [0.5, 0.6) is 0 Å². The predicted octanol–water partition coefficient (Wildman–Crippen LogP) is 5.14. The first-order valence-corrected chi connectivity index (χ1v) is 10.4. The van der Waals surface area contributed by atoms with Gasteiger partial charge in [0.2, 0.25) is 0 Å². The second kappa shape index (κ2) is 11.5. The largest absolute Gasteiger partial charge is 0.479 e. The van der Waals surface area contributed by atoms with Crippen molar-refractivity contribution in [2.24, 2.45) is 17.3 Å². The van der Waals surface area contributed by atoms with Gasteiger partial charge in [-0.2, -0.15) is 0 Å². The number of hydrogen-bond acceptors (Lipinski definition) is 3. The molecule has 3 atom stereocenters. The first-order valence-electron chi connectivity index (χ1n) is 10.4. The molecule has 0 aromatic carbocycles. The average Bonchev–Trinajstić information content (AvgIpc) is 2.92. The van der Waals surface area contributed by atoms with Crippen molar-refractivity contribution in [1.29, 1.82) is 0 Å². The number of carboxylic acid groups (broad SMARTS) is 1. The number of rotatable bonds is 13. The smallest absolute Gasteiger partial charge is 0.332 e. The molecule has 150 valence electrons. The molecule has 0 amide bonds. The Morgan fingerprint density at radius 3 is 2.62 bits per heavy atom. The molecule has 0 unspecified atom stereocenters. The van der Waals surface area contributed by atoms with Gasteiger partial charge >= 0.3 is 5.97 Å². The molecule has 0 bridgehead atoms. The molecule has 1 fully saturated rings. The molecular weight excluding hydrogens is 328 g/mol. The van der Waals surface area contributed by atoms with E-state index in [1.54, 1.807) is 0 Å². The maximum absolute atomic E-state index is 12.2. The summed E-state index contributed by atoms with van der Waals surface area (Å²) in [5.41, 5.74) is 0.402. The van der Waals surface area contributed by atoms with Gasteiger partial charge in [-0.1, -0.05) is 52.2 Å². The van der Waals surface area contributed by atoms with Gasteiger partial charge in [0.05, 0.1) is 0 Å². The van der Waals surface area contributed by atoms with Gasteiger partial charge in [-0.3, -0.25) is 4.79 Å². The van der Waals surface area contributed by atoms with Crippen LogP contribution in [-0.4, -0.2) is 28.1 Å². The van der Waals surface area contributed by atoms with Crippen LogP contribution in [0.3, 0.4) is 0 Å². The van der Waals surface area contributed by atoms with Crippen molar-refractivity contribution in [3.8, 4) is 0 Å². The highest BCUT2D eigenvalue weighted by atomic mass is 16.4. The maximum Gasteiger partial charge on any atom is 0.332 e. The summed E-state index contributed by atoms with van der Waals surface area (Å²) in [6, 6.07) is 0. The standard InChI is InChI=1S/C22H38O4/c1-4-5-15-22(2,3)16-9-10-17-13-14-19(23)18(17)11-7-6-8-12-20(24)21(25)26/h6-7,17-18,20,24H,4-5,8-16H2,1-3H3,(H,25,26)/t17-,18+,20+/m0/s1. The highest BCUT2D eigenvalue weighted by Gasteiger charge is 2.33. The van der Waals surface area contributed by atoms with Gasteiger partial charge in [0.15, 0.2) is 6.10 Å². The molecule has 0 aromatic heterocycles. The Morgan fingerprint density at radius 2 is 1.96 bits per heavy atom. The van der Waals surface area contributed by atoms with E-state index in [4.69, 9.17) is 5.11 Å². The number of carbonyl (C=O) groups excluding carboxylic acids is 1. The Hall–Kier alpha value is -1.16. The van der Waals surface area contributed by atoms with Crippen molar-refractivity contribution >= 4 is 11.8 Å². The molecule has 26 heavy (non-hydrogen) atoms. The number of aliphatic hydroxyl groups is 1. The molecule has 0 saturated heterocycles. The molecule has 1 saturated carbocycles. The van der Waals surface area contributed by atoms with Crippen LogP contribution in [0.2, 0.25) is 0 Å². The molecule has 0 aromatic rings. The first kappa shape index (κ1) is 22.9. The van der Waals surface area contributed by atoms with E-state index >= 15 is 0 Å². The molecule has 0 spiro atoms. The fraction of sp³-hybridized carbons (Fsp3) is 0.818. The number of aliphatic carboxylic acids is 1. The van der Waals surface area contributed by atoms with Crippen LogP contribution in [0.25, 0.3) is 0 Å². The summed E-state index contributed by atoms with van der Waals surface area (Å²) in [4.78, 5) is 22.8. The monoisotopic (exact) mass is 366 g/mol. The van der Waals surface area contributed by atoms with Crippen molar-refractivity contribution in [2.75, 3.05) is 0 Å². The Labute approximate surface area is 159 Å². The zero-order valence-corrected chi connectivity index (χ0v) is 16.9. The summed E-state index contributed by atoms with van der Waals surface area (Å²) in [7, 11) is 0. The van der Waals surface area contributed by atoms with Gasteiger partial charge in [0, 0.05) is 12.3 Å². The van der Waals surface area contributed by atoms with E-state index in [-0.39, 0.29) is 12.3 Å². The lowest BCUT2D eigenvalue weighted by Gasteiger charge is -2.26. The number of carboxylic acids is 1. The highest BCUT2D eigenvalue weighted by molar-refractivity contribution is 5.83. The molecule has 0 heterocycles. The summed E-state index contributed by atoms with van der Waals surface area (Å²) < 4.78 is 0. The zero-order chi connectivity index (χ0) is 19.6. The van der Waals surface area contributed by atoms with Crippen LogP contribution in [0.15, 0.2) is 12.2 Å². The molecule has 1 aliphatic rings. The third-order valence-corrected chi connectivity index (χ3v) is 5.83. The van der Waals surface area contributed by atoms with Crippen molar-refractivity contribution in [3.05, 3.63) is 12.2 Å². The van der Waals surface area contributed by atoms with E-state index in [9.17, 15) is 14.7 Å². The molecule has 0 radical (unpaired) electrons. The predicted molar refractivity (Wildman–Crippen MR) is 105 cm³/mol. The van der Waals surface area contributed by atoms with E-state index < -0.39 is 12.1 Å². The fourth-order valence-electron chi connectivity index (χ4n) is 4.01. The Balaban J connectivity index is 2.35. The zero-order valence-electron chi connectivity index (χ0n) is 16.9. The number of aliphatic hydroxyl groups excluding tert-OH is 1. The van der Waals surface area contributed by atoms with Crippen molar-refractivity contribution in [1.82, 2.24) is 0 Å². The van der Waals surface area contributed by atoms with E-state index in [1.807, 2.05) is 12.2 Å². The molecule has 1 aliphatic carbocycles. The van der Waals surface area contributed by atoms with Crippen LogP contribution < -0.4 is 0 Å². The van der Waals surface area contributed by atoms with Gasteiger partial charge in [0.1, 0.15) is 5.78 Å². The number of ketones is 1. The second-order valence-electron chi connectivity index (χ2n) is 8.67. The third kappa shape index (κ3) is 8.48. The SMILES string of the molecule is CCCCC(C)(C)CCC[C@H]1CCC(=O)[C@@H]1CC=CCC[C@@H](O)C(=O)O.